The zero-order valence-corrected chi connectivity index (χ0v) is 12.8. The molecule has 0 spiro atoms. The van der Waals surface area contributed by atoms with Crippen LogP contribution < -0.4 is 0 Å². The fraction of sp³-hybridized carbons (Fsp3) is 0.385. The highest BCUT2D eigenvalue weighted by molar-refractivity contribution is 9.10. The largest absolute Gasteiger partial charge is 0.231 e. The summed E-state index contributed by atoms with van der Waals surface area (Å²) in [6.07, 6.45) is 0. The van der Waals surface area contributed by atoms with Crippen LogP contribution in [0.15, 0.2) is 22.8 Å². The second-order valence-corrected chi connectivity index (χ2v) is 7.16. The molecule has 90 valence electrons. The van der Waals surface area contributed by atoms with Crippen molar-refractivity contribution in [1.29, 1.82) is 0 Å². The lowest BCUT2D eigenvalue weighted by molar-refractivity contribution is 0.544. The molecular weight excluding hydrogens is 296 g/mol. The number of rotatable bonds is 1. The van der Waals surface area contributed by atoms with Crippen molar-refractivity contribution in [2.45, 2.75) is 33.1 Å². The van der Waals surface area contributed by atoms with Crippen LogP contribution in [0.1, 0.15) is 31.5 Å². The fourth-order valence-corrected chi connectivity index (χ4v) is 2.66. The van der Waals surface area contributed by atoms with Crippen LogP contribution in [0, 0.1) is 6.92 Å². The molecule has 0 aliphatic carbocycles. The molecule has 0 aliphatic rings. The summed E-state index contributed by atoms with van der Waals surface area (Å²) < 4.78 is 0.846. The Labute approximate surface area is 114 Å². The Morgan fingerprint density at radius 3 is 2.41 bits per heavy atom. The number of nitrogens with zero attached hydrogens (tertiary/aromatic N) is 2. The van der Waals surface area contributed by atoms with Gasteiger partial charge in [-0.15, -0.1) is 11.3 Å². The highest BCUT2D eigenvalue weighted by atomic mass is 79.9. The van der Waals surface area contributed by atoms with Crippen LogP contribution in [0.5, 0.6) is 0 Å². The van der Waals surface area contributed by atoms with E-state index in [1.807, 2.05) is 6.07 Å². The molecule has 0 aromatic carbocycles. The molecule has 2 nitrogen and oxygen atoms in total. The van der Waals surface area contributed by atoms with Gasteiger partial charge in [0.15, 0.2) is 0 Å². The van der Waals surface area contributed by atoms with Crippen LogP contribution in [0.4, 0.5) is 0 Å². The molecule has 0 unspecified atom stereocenters. The van der Waals surface area contributed by atoms with E-state index in [0.717, 1.165) is 16.1 Å². The summed E-state index contributed by atoms with van der Waals surface area (Å²) >= 11 is 5.22. The smallest absolute Gasteiger partial charge is 0.135 e. The molecule has 2 aromatic rings. The molecular formula is C13H15BrN2S. The summed E-state index contributed by atoms with van der Waals surface area (Å²) in [7, 11) is 0. The Bertz CT molecular complexity index is 541. The average Bonchev–Trinajstić information content (AvgIpc) is 2.62. The highest BCUT2D eigenvalue weighted by Crippen LogP contribution is 2.29. The number of thiophene rings is 1. The van der Waals surface area contributed by atoms with Crippen LogP contribution >= 0.6 is 27.3 Å². The standard InChI is InChI=1S/C13H15BrN2S/c1-8-5-6-10(17-8)9-7-11(14)16-12(15-9)13(2,3)4/h5-7H,1-4H3. The Kier molecular flexibility index (Phi) is 3.36. The average molecular weight is 311 g/mol. The molecule has 2 aromatic heterocycles. The third-order valence-electron chi connectivity index (χ3n) is 2.36. The van der Waals surface area contributed by atoms with Gasteiger partial charge in [0.05, 0.1) is 10.6 Å². The van der Waals surface area contributed by atoms with Crippen molar-refractivity contribution >= 4 is 27.3 Å². The quantitative estimate of drug-likeness (QED) is 0.721. The van der Waals surface area contributed by atoms with E-state index in [1.54, 1.807) is 11.3 Å². The van der Waals surface area contributed by atoms with Gasteiger partial charge in [0.2, 0.25) is 0 Å². The van der Waals surface area contributed by atoms with Crippen LogP contribution in [-0.4, -0.2) is 9.97 Å². The van der Waals surface area contributed by atoms with Crippen LogP contribution in [0.2, 0.25) is 0 Å². The molecule has 0 saturated heterocycles. The molecule has 0 fully saturated rings. The van der Waals surface area contributed by atoms with Crippen molar-refractivity contribution in [2.24, 2.45) is 0 Å². The van der Waals surface area contributed by atoms with Gasteiger partial charge in [0.25, 0.3) is 0 Å². The van der Waals surface area contributed by atoms with Gasteiger partial charge in [-0.3, -0.25) is 0 Å². The van der Waals surface area contributed by atoms with Gasteiger partial charge in [0.1, 0.15) is 10.4 Å². The molecule has 0 atom stereocenters. The lowest BCUT2D eigenvalue weighted by Crippen LogP contribution is -2.16. The monoisotopic (exact) mass is 310 g/mol. The topological polar surface area (TPSA) is 25.8 Å². The third-order valence-corrected chi connectivity index (χ3v) is 3.79. The van der Waals surface area contributed by atoms with Gasteiger partial charge in [-0.1, -0.05) is 20.8 Å². The lowest BCUT2D eigenvalue weighted by Gasteiger charge is -2.17. The summed E-state index contributed by atoms with van der Waals surface area (Å²) in [5.74, 6) is 0.868. The zero-order chi connectivity index (χ0) is 12.6. The van der Waals surface area contributed by atoms with Crippen molar-refractivity contribution in [3.63, 3.8) is 0 Å². The van der Waals surface area contributed by atoms with E-state index in [1.165, 1.54) is 9.75 Å². The van der Waals surface area contributed by atoms with Crippen molar-refractivity contribution in [3.05, 3.63) is 33.5 Å². The van der Waals surface area contributed by atoms with E-state index in [9.17, 15) is 0 Å². The van der Waals surface area contributed by atoms with E-state index >= 15 is 0 Å². The van der Waals surface area contributed by atoms with Gasteiger partial charge in [-0.2, -0.15) is 0 Å². The van der Waals surface area contributed by atoms with E-state index in [4.69, 9.17) is 0 Å². The number of hydrogen-bond acceptors (Lipinski definition) is 3. The SMILES string of the molecule is Cc1ccc(-c2cc(Br)nc(C(C)(C)C)n2)s1. The molecule has 0 aliphatic heterocycles. The Hall–Kier alpha value is -0.740. The first-order valence-corrected chi connectivity index (χ1v) is 7.09. The maximum Gasteiger partial charge on any atom is 0.135 e. The Morgan fingerprint density at radius 2 is 1.88 bits per heavy atom. The van der Waals surface area contributed by atoms with Crippen molar-refractivity contribution < 1.29 is 0 Å². The minimum atomic E-state index is -0.0369. The van der Waals surface area contributed by atoms with Gasteiger partial charge >= 0.3 is 0 Å². The van der Waals surface area contributed by atoms with E-state index in [2.05, 4.69) is 65.7 Å². The van der Waals surface area contributed by atoms with Crippen molar-refractivity contribution in [3.8, 4) is 10.6 Å². The summed E-state index contributed by atoms with van der Waals surface area (Å²) in [5.41, 5.74) is 0.958. The van der Waals surface area contributed by atoms with Gasteiger partial charge in [0, 0.05) is 10.3 Å². The second-order valence-electron chi connectivity index (χ2n) is 5.06. The van der Waals surface area contributed by atoms with Crippen molar-refractivity contribution in [2.75, 3.05) is 0 Å². The normalized spacial score (nSPS) is 11.8. The maximum atomic E-state index is 4.66. The molecule has 0 saturated carbocycles. The predicted molar refractivity (Wildman–Crippen MR) is 76.5 cm³/mol. The Morgan fingerprint density at radius 1 is 1.18 bits per heavy atom. The third kappa shape index (κ3) is 2.93. The summed E-state index contributed by atoms with van der Waals surface area (Å²) in [6.45, 7) is 8.48. The van der Waals surface area contributed by atoms with Crippen molar-refractivity contribution in [1.82, 2.24) is 9.97 Å². The summed E-state index contributed by atoms with van der Waals surface area (Å²) in [5, 5.41) is 0. The number of hydrogen-bond donors (Lipinski definition) is 0. The zero-order valence-electron chi connectivity index (χ0n) is 10.4. The summed E-state index contributed by atoms with van der Waals surface area (Å²) in [6, 6.07) is 6.20. The van der Waals surface area contributed by atoms with Gasteiger partial charge < -0.3 is 0 Å². The van der Waals surface area contributed by atoms with E-state index in [0.29, 0.717) is 0 Å². The fourth-order valence-electron chi connectivity index (χ4n) is 1.45. The minimum absolute atomic E-state index is 0.0369. The second kappa shape index (κ2) is 4.50. The maximum absolute atomic E-state index is 4.66. The molecule has 0 radical (unpaired) electrons. The molecule has 2 rings (SSSR count). The predicted octanol–water partition coefficient (Wildman–Crippen LogP) is 4.57. The van der Waals surface area contributed by atoms with Gasteiger partial charge in [-0.05, 0) is 41.1 Å². The molecule has 0 N–H and O–H groups in total. The molecule has 0 amide bonds. The lowest BCUT2D eigenvalue weighted by atomic mass is 9.95. The van der Waals surface area contributed by atoms with Crippen LogP contribution in [-0.2, 0) is 5.41 Å². The molecule has 2 heterocycles. The minimum Gasteiger partial charge on any atom is -0.231 e. The van der Waals surface area contributed by atoms with E-state index in [-0.39, 0.29) is 5.41 Å². The van der Waals surface area contributed by atoms with E-state index < -0.39 is 0 Å². The first kappa shape index (κ1) is 12.7. The first-order valence-electron chi connectivity index (χ1n) is 5.48. The molecule has 0 bridgehead atoms. The molecule has 4 heteroatoms. The number of halogens is 1. The van der Waals surface area contributed by atoms with Gasteiger partial charge in [-0.25, -0.2) is 9.97 Å². The highest BCUT2D eigenvalue weighted by Gasteiger charge is 2.19. The Balaban J connectivity index is 2.52. The van der Waals surface area contributed by atoms with Crippen LogP contribution in [0.25, 0.3) is 10.6 Å². The van der Waals surface area contributed by atoms with Crippen LogP contribution in [0.3, 0.4) is 0 Å². The number of aryl methyl sites for hydroxylation is 1. The first-order chi connectivity index (χ1) is 7.86. The summed E-state index contributed by atoms with van der Waals surface area (Å²) in [4.78, 5) is 11.6. The number of aromatic nitrogens is 2. The molecule has 17 heavy (non-hydrogen) atoms.